The van der Waals surface area contributed by atoms with Gasteiger partial charge in [0.15, 0.2) is 0 Å². The average molecular weight is 509 g/mol. The van der Waals surface area contributed by atoms with E-state index in [0.29, 0.717) is 6.42 Å². The highest BCUT2D eigenvalue weighted by Crippen LogP contribution is 2.15. The van der Waals surface area contributed by atoms with E-state index in [-0.39, 0.29) is 12.1 Å². The summed E-state index contributed by atoms with van der Waals surface area (Å²) in [5, 5.41) is 0. The van der Waals surface area contributed by atoms with Crippen LogP contribution >= 0.6 is 0 Å². The van der Waals surface area contributed by atoms with Crippen LogP contribution in [0.25, 0.3) is 0 Å². The maximum atomic E-state index is 12.1. The summed E-state index contributed by atoms with van der Waals surface area (Å²) >= 11 is 0. The summed E-state index contributed by atoms with van der Waals surface area (Å²) in [6, 6.07) is 0. The maximum Gasteiger partial charge on any atom is 0.306 e. The minimum atomic E-state index is 0.0105. The predicted octanol–water partition coefficient (Wildman–Crippen LogP) is 11.1. The summed E-state index contributed by atoms with van der Waals surface area (Å²) in [6.07, 6.45) is 36.2. The molecule has 0 aliphatic carbocycles. The Kier molecular flexibility index (Phi) is 29.6. The van der Waals surface area contributed by atoms with Gasteiger partial charge in [0.2, 0.25) is 0 Å². The Labute approximate surface area is 226 Å². The lowest BCUT2D eigenvalue weighted by Crippen LogP contribution is -2.14. The van der Waals surface area contributed by atoms with Crippen LogP contribution in [-0.4, -0.2) is 18.4 Å². The van der Waals surface area contributed by atoms with Crippen molar-refractivity contribution in [3.05, 3.63) is 0 Å². The molecule has 3 heteroatoms. The third-order valence-corrected chi connectivity index (χ3v) is 7.50. The Morgan fingerprint density at radius 2 is 0.917 bits per heavy atom. The second kappa shape index (κ2) is 30.4. The van der Waals surface area contributed by atoms with Crippen molar-refractivity contribution in [1.82, 2.24) is 0 Å². The van der Waals surface area contributed by atoms with Gasteiger partial charge in [0.05, 0.1) is 6.10 Å². The first-order chi connectivity index (χ1) is 17.7. The molecule has 0 heterocycles. The third-order valence-electron chi connectivity index (χ3n) is 7.50. The van der Waals surface area contributed by atoms with Crippen LogP contribution in [0.4, 0.5) is 0 Å². The van der Waals surface area contributed by atoms with Crippen LogP contribution in [0.2, 0.25) is 0 Å². The van der Waals surface area contributed by atoms with Crippen LogP contribution in [0, 0.1) is 0 Å². The molecule has 3 nitrogen and oxygen atoms in total. The number of hydrogen-bond donors (Lipinski definition) is 0. The number of carbonyl (C=O) groups excluding carboxylic acids is 2. The first-order valence-corrected chi connectivity index (χ1v) is 16.3. The van der Waals surface area contributed by atoms with E-state index in [4.69, 9.17) is 4.74 Å². The second-order valence-corrected chi connectivity index (χ2v) is 11.3. The molecule has 0 rings (SSSR count). The molecule has 0 saturated carbocycles. The molecule has 0 amide bonds. The number of aldehydes is 1. The van der Waals surface area contributed by atoms with Gasteiger partial charge in [-0.05, 0) is 32.6 Å². The van der Waals surface area contributed by atoms with E-state index in [2.05, 4.69) is 13.8 Å². The predicted molar refractivity (Wildman–Crippen MR) is 157 cm³/mol. The van der Waals surface area contributed by atoms with Gasteiger partial charge in [-0.2, -0.15) is 0 Å². The van der Waals surface area contributed by atoms with Gasteiger partial charge in [-0.25, -0.2) is 0 Å². The SMILES string of the molecule is CCCCCCCCCCCC(C)OC(=O)CCCCCCCCCCCCCCCCCCC=O. The summed E-state index contributed by atoms with van der Waals surface area (Å²) in [7, 11) is 0. The highest BCUT2D eigenvalue weighted by atomic mass is 16.5. The van der Waals surface area contributed by atoms with Gasteiger partial charge in [-0.3, -0.25) is 4.79 Å². The molecule has 36 heavy (non-hydrogen) atoms. The first-order valence-electron chi connectivity index (χ1n) is 16.3. The molecule has 0 aliphatic heterocycles. The summed E-state index contributed by atoms with van der Waals surface area (Å²) in [4.78, 5) is 22.3. The lowest BCUT2D eigenvalue weighted by atomic mass is 10.0. The molecule has 1 unspecified atom stereocenters. The van der Waals surface area contributed by atoms with Crippen LogP contribution in [0.3, 0.4) is 0 Å². The number of rotatable bonds is 30. The fourth-order valence-electron chi connectivity index (χ4n) is 5.06. The van der Waals surface area contributed by atoms with Crippen LogP contribution in [0.15, 0.2) is 0 Å². The quantitative estimate of drug-likeness (QED) is 0.0550. The zero-order chi connectivity index (χ0) is 26.4. The van der Waals surface area contributed by atoms with Crippen LogP contribution in [0.5, 0.6) is 0 Å². The molecule has 0 N–H and O–H groups in total. The van der Waals surface area contributed by atoms with Gasteiger partial charge < -0.3 is 9.53 Å². The maximum absolute atomic E-state index is 12.1. The second-order valence-electron chi connectivity index (χ2n) is 11.3. The molecule has 0 bridgehead atoms. The van der Waals surface area contributed by atoms with Crippen molar-refractivity contribution in [3.63, 3.8) is 0 Å². The summed E-state index contributed by atoms with van der Waals surface area (Å²) in [6.45, 7) is 4.33. The van der Waals surface area contributed by atoms with E-state index >= 15 is 0 Å². The minimum Gasteiger partial charge on any atom is -0.463 e. The average Bonchev–Trinajstić information content (AvgIpc) is 2.87. The number of hydrogen-bond acceptors (Lipinski definition) is 3. The van der Waals surface area contributed by atoms with Gasteiger partial charge in [0.1, 0.15) is 6.29 Å². The number of ether oxygens (including phenoxy) is 1. The van der Waals surface area contributed by atoms with Gasteiger partial charge >= 0.3 is 5.97 Å². The fourth-order valence-corrected chi connectivity index (χ4v) is 5.06. The Bertz CT molecular complexity index is 448. The van der Waals surface area contributed by atoms with E-state index in [0.717, 1.165) is 38.4 Å². The van der Waals surface area contributed by atoms with Gasteiger partial charge in [0.25, 0.3) is 0 Å². The van der Waals surface area contributed by atoms with Gasteiger partial charge in [-0.1, -0.05) is 148 Å². The highest BCUT2D eigenvalue weighted by molar-refractivity contribution is 5.69. The molecule has 0 radical (unpaired) electrons. The van der Waals surface area contributed by atoms with Crippen LogP contribution < -0.4 is 0 Å². The highest BCUT2D eigenvalue weighted by Gasteiger charge is 2.09. The Hall–Kier alpha value is -0.860. The molecule has 0 saturated heterocycles. The largest absolute Gasteiger partial charge is 0.463 e. The van der Waals surface area contributed by atoms with E-state index < -0.39 is 0 Å². The molecule has 0 aromatic heterocycles. The molecule has 214 valence electrons. The Balaban J connectivity index is 3.25. The molecule has 0 aromatic carbocycles. The van der Waals surface area contributed by atoms with E-state index in [1.807, 2.05) is 0 Å². The van der Waals surface area contributed by atoms with Crippen molar-refractivity contribution >= 4 is 12.3 Å². The topological polar surface area (TPSA) is 43.4 Å². The Morgan fingerprint density at radius 1 is 0.556 bits per heavy atom. The van der Waals surface area contributed by atoms with Crippen molar-refractivity contribution in [1.29, 1.82) is 0 Å². The first kappa shape index (κ1) is 35.1. The van der Waals surface area contributed by atoms with Crippen LogP contribution in [0.1, 0.15) is 194 Å². The van der Waals surface area contributed by atoms with Crippen molar-refractivity contribution in [2.24, 2.45) is 0 Å². The smallest absolute Gasteiger partial charge is 0.306 e. The third kappa shape index (κ3) is 29.4. The summed E-state index contributed by atoms with van der Waals surface area (Å²) < 4.78 is 5.61. The number of carbonyl (C=O) groups is 2. The summed E-state index contributed by atoms with van der Waals surface area (Å²) in [5.74, 6) is 0.0105. The lowest BCUT2D eigenvalue weighted by molar-refractivity contribution is -0.148. The molecule has 1 atom stereocenters. The van der Waals surface area contributed by atoms with E-state index in [9.17, 15) is 9.59 Å². The van der Waals surface area contributed by atoms with Gasteiger partial charge in [-0.15, -0.1) is 0 Å². The zero-order valence-corrected chi connectivity index (χ0v) is 24.7. The molecule has 0 aliphatic rings. The molecule has 0 aromatic rings. The molecule has 0 spiro atoms. The van der Waals surface area contributed by atoms with Crippen molar-refractivity contribution in [3.8, 4) is 0 Å². The normalized spacial score (nSPS) is 12.1. The Morgan fingerprint density at radius 3 is 1.33 bits per heavy atom. The van der Waals surface area contributed by atoms with Gasteiger partial charge in [0, 0.05) is 12.8 Å². The van der Waals surface area contributed by atoms with E-state index in [1.54, 1.807) is 0 Å². The zero-order valence-electron chi connectivity index (χ0n) is 24.7. The van der Waals surface area contributed by atoms with Crippen molar-refractivity contribution < 1.29 is 14.3 Å². The molecular weight excluding hydrogens is 444 g/mol. The lowest BCUT2D eigenvalue weighted by Gasteiger charge is -2.13. The van der Waals surface area contributed by atoms with Crippen molar-refractivity contribution in [2.75, 3.05) is 0 Å². The summed E-state index contributed by atoms with van der Waals surface area (Å²) in [5.41, 5.74) is 0. The standard InChI is InChI=1S/C33H64O3/c1-3-4-5-6-7-17-20-23-26-29-32(2)36-33(35)30-27-24-21-18-15-13-11-9-8-10-12-14-16-19-22-25-28-31-34/h31-32H,3-30H2,1-2H3. The van der Waals surface area contributed by atoms with Crippen LogP contribution in [-0.2, 0) is 14.3 Å². The minimum absolute atomic E-state index is 0.0105. The van der Waals surface area contributed by atoms with Crippen molar-refractivity contribution in [2.45, 2.75) is 200 Å². The number of unbranched alkanes of at least 4 members (excludes halogenated alkanes) is 24. The fraction of sp³-hybridized carbons (Fsp3) is 0.939. The van der Waals surface area contributed by atoms with E-state index in [1.165, 1.54) is 141 Å². The monoisotopic (exact) mass is 508 g/mol. The number of esters is 1. The molecular formula is C33H64O3. The molecule has 0 fully saturated rings.